The highest BCUT2D eigenvalue weighted by atomic mass is 19.1. The van der Waals surface area contributed by atoms with Crippen molar-refractivity contribution in [3.63, 3.8) is 0 Å². The molecular formula is C21H23FN2O. The third kappa shape index (κ3) is 4.26. The van der Waals surface area contributed by atoms with E-state index in [1.165, 1.54) is 6.07 Å². The summed E-state index contributed by atoms with van der Waals surface area (Å²) in [5, 5.41) is 0. The topological polar surface area (TPSA) is 46.3 Å². The van der Waals surface area contributed by atoms with E-state index in [1.54, 1.807) is 24.3 Å². The first-order valence-corrected chi connectivity index (χ1v) is 8.18. The molecule has 0 spiro atoms. The fraction of sp³-hybridized carbons (Fsp3) is 0.286. The van der Waals surface area contributed by atoms with Gasteiger partial charge in [-0.25, -0.2) is 4.39 Å². The quantitative estimate of drug-likeness (QED) is 0.821. The van der Waals surface area contributed by atoms with Crippen LogP contribution in [0, 0.1) is 25.1 Å². The first-order valence-electron chi connectivity index (χ1n) is 8.18. The Morgan fingerprint density at radius 1 is 1.28 bits per heavy atom. The maximum atomic E-state index is 14.5. The summed E-state index contributed by atoms with van der Waals surface area (Å²) in [5.74, 6) is 1.73. The van der Waals surface area contributed by atoms with Gasteiger partial charge in [-0.2, -0.15) is 0 Å². The highest BCUT2D eigenvalue weighted by Gasteiger charge is 2.17. The number of nitrogens with two attached hydrogens (primary N) is 1. The average molecular weight is 338 g/mol. The first-order chi connectivity index (χ1) is 11.8. The van der Waals surface area contributed by atoms with Crippen molar-refractivity contribution in [2.24, 2.45) is 5.73 Å². The molecule has 0 radical (unpaired) electrons. The number of halogens is 1. The fourth-order valence-corrected chi connectivity index (χ4v) is 2.89. The van der Waals surface area contributed by atoms with E-state index in [2.05, 4.69) is 10.8 Å². The molecule has 2 rings (SSSR count). The molecule has 0 aliphatic heterocycles. The Balaban J connectivity index is 2.46. The van der Waals surface area contributed by atoms with Gasteiger partial charge in [0, 0.05) is 16.7 Å². The second kappa shape index (κ2) is 7.96. The van der Waals surface area contributed by atoms with Crippen LogP contribution in [-0.4, -0.2) is 31.4 Å². The molecule has 4 heteroatoms. The summed E-state index contributed by atoms with van der Waals surface area (Å²) in [6, 6.07) is 8.39. The molecule has 25 heavy (non-hydrogen) atoms. The van der Waals surface area contributed by atoms with Crippen molar-refractivity contribution < 1.29 is 9.18 Å². The minimum Gasteiger partial charge on any atom is -0.366 e. The first kappa shape index (κ1) is 18.7. The Labute approximate surface area is 148 Å². The minimum atomic E-state index is -0.582. The molecule has 0 atom stereocenters. The lowest BCUT2D eigenvalue weighted by Crippen LogP contribution is -2.14. The van der Waals surface area contributed by atoms with E-state index in [-0.39, 0.29) is 5.82 Å². The van der Waals surface area contributed by atoms with Crippen LogP contribution in [0.25, 0.3) is 11.1 Å². The van der Waals surface area contributed by atoms with Gasteiger partial charge in [-0.05, 0) is 69.2 Å². The van der Waals surface area contributed by atoms with Gasteiger partial charge in [0.1, 0.15) is 5.82 Å². The molecule has 0 aliphatic carbocycles. The van der Waals surface area contributed by atoms with Crippen molar-refractivity contribution in [1.29, 1.82) is 0 Å². The summed E-state index contributed by atoms with van der Waals surface area (Å²) in [5.41, 5.74) is 8.94. The molecule has 0 saturated heterocycles. The van der Waals surface area contributed by atoms with E-state index in [1.807, 2.05) is 21.0 Å². The van der Waals surface area contributed by atoms with Crippen LogP contribution in [-0.2, 0) is 6.42 Å². The van der Waals surface area contributed by atoms with Crippen LogP contribution >= 0.6 is 0 Å². The van der Waals surface area contributed by atoms with Crippen molar-refractivity contribution in [3.05, 3.63) is 58.4 Å². The zero-order chi connectivity index (χ0) is 18.6. The van der Waals surface area contributed by atoms with Gasteiger partial charge >= 0.3 is 0 Å². The molecule has 0 unspecified atom stereocenters. The number of aryl methyl sites for hydroxylation is 2. The van der Waals surface area contributed by atoms with Crippen LogP contribution in [0.15, 0.2) is 30.3 Å². The van der Waals surface area contributed by atoms with Gasteiger partial charge in [-0.3, -0.25) is 4.79 Å². The molecular weight excluding hydrogens is 315 g/mol. The van der Waals surface area contributed by atoms with Gasteiger partial charge in [0.2, 0.25) is 5.91 Å². The highest BCUT2D eigenvalue weighted by molar-refractivity contribution is 6.01. The van der Waals surface area contributed by atoms with Crippen molar-refractivity contribution in [3.8, 4) is 23.5 Å². The van der Waals surface area contributed by atoms with Gasteiger partial charge in [-0.1, -0.05) is 24.1 Å². The molecule has 0 aromatic heterocycles. The number of benzene rings is 2. The number of amides is 1. The van der Waals surface area contributed by atoms with Crippen molar-refractivity contribution >= 4 is 5.91 Å². The van der Waals surface area contributed by atoms with E-state index in [4.69, 9.17) is 12.2 Å². The van der Waals surface area contributed by atoms with E-state index in [9.17, 15) is 9.18 Å². The maximum absolute atomic E-state index is 14.5. The average Bonchev–Trinajstić information content (AvgIpc) is 2.55. The number of carbonyl (C=O) groups excluding carboxylic acids is 1. The standard InChI is InChI=1S/C21H23FN2O/c1-5-17-14(2)8-11-18(21(23)25)20(17)16-10-9-15(19(22)13-16)7-6-12-24(3)4/h1,8-11,13H,6-7,12H2,2-4H3,(H2,23,25). The summed E-state index contributed by atoms with van der Waals surface area (Å²) in [4.78, 5) is 13.9. The molecule has 1 amide bonds. The Bertz CT molecular complexity index is 835. The SMILES string of the molecule is C#Cc1c(C)ccc(C(N)=O)c1-c1ccc(CCCN(C)C)c(F)c1. The van der Waals surface area contributed by atoms with Gasteiger partial charge in [0.05, 0.1) is 0 Å². The monoisotopic (exact) mass is 338 g/mol. The molecule has 0 bridgehead atoms. The summed E-state index contributed by atoms with van der Waals surface area (Å²) in [7, 11) is 3.98. The predicted octanol–water partition coefficient (Wildman–Crippen LogP) is 3.38. The maximum Gasteiger partial charge on any atom is 0.249 e. The van der Waals surface area contributed by atoms with Crippen molar-refractivity contribution in [1.82, 2.24) is 4.90 Å². The van der Waals surface area contributed by atoms with Crippen molar-refractivity contribution in [2.75, 3.05) is 20.6 Å². The number of carbonyl (C=O) groups is 1. The number of hydrogen-bond acceptors (Lipinski definition) is 2. The van der Waals surface area contributed by atoms with Crippen LogP contribution in [0.2, 0.25) is 0 Å². The second-order valence-corrected chi connectivity index (χ2v) is 6.40. The fourth-order valence-electron chi connectivity index (χ4n) is 2.89. The van der Waals surface area contributed by atoms with E-state index >= 15 is 0 Å². The minimum absolute atomic E-state index is 0.295. The van der Waals surface area contributed by atoms with Gasteiger partial charge in [0.15, 0.2) is 0 Å². The lowest BCUT2D eigenvalue weighted by molar-refractivity contribution is 0.100. The normalized spacial score (nSPS) is 10.7. The summed E-state index contributed by atoms with van der Waals surface area (Å²) < 4.78 is 14.5. The van der Waals surface area contributed by atoms with E-state index in [0.29, 0.717) is 34.2 Å². The highest BCUT2D eigenvalue weighted by Crippen LogP contribution is 2.31. The summed E-state index contributed by atoms with van der Waals surface area (Å²) >= 11 is 0. The summed E-state index contributed by atoms with van der Waals surface area (Å²) in [6.07, 6.45) is 7.15. The molecule has 2 aromatic rings. The molecule has 0 fully saturated rings. The zero-order valence-electron chi connectivity index (χ0n) is 14.9. The van der Waals surface area contributed by atoms with Crippen LogP contribution in [0.3, 0.4) is 0 Å². The lowest BCUT2D eigenvalue weighted by Gasteiger charge is -2.14. The third-order valence-electron chi connectivity index (χ3n) is 4.22. The molecule has 0 aliphatic rings. The van der Waals surface area contributed by atoms with Gasteiger partial charge < -0.3 is 10.6 Å². The lowest BCUT2D eigenvalue weighted by atomic mass is 9.90. The largest absolute Gasteiger partial charge is 0.366 e. The zero-order valence-corrected chi connectivity index (χ0v) is 14.9. The molecule has 0 heterocycles. The number of nitrogens with zero attached hydrogens (tertiary/aromatic N) is 1. The Morgan fingerprint density at radius 2 is 2.00 bits per heavy atom. The number of terminal acetylenes is 1. The molecule has 2 aromatic carbocycles. The van der Waals surface area contributed by atoms with Crippen LogP contribution in [0.1, 0.15) is 33.5 Å². The number of hydrogen-bond donors (Lipinski definition) is 1. The smallest absolute Gasteiger partial charge is 0.249 e. The summed E-state index contributed by atoms with van der Waals surface area (Å²) in [6.45, 7) is 2.75. The second-order valence-electron chi connectivity index (χ2n) is 6.40. The van der Waals surface area contributed by atoms with E-state index in [0.717, 1.165) is 18.5 Å². The van der Waals surface area contributed by atoms with Crippen LogP contribution in [0.4, 0.5) is 4.39 Å². The number of primary amides is 1. The molecule has 0 saturated carbocycles. The van der Waals surface area contributed by atoms with E-state index < -0.39 is 5.91 Å². The number of rotatable bonds is 6. The van der Waals surface area contributed by atoms with Gasteiger partial charge in [-0.15, -0.1) is 6.42 Å². The predicted molar refractivity (Wildman–Crippen MR) is 99.9 cm³/mol. The van der Waals surface area contributed by atoms with Crippen LogP contribution in [0.5, 0.6) is 0 Å². The Kier molecular flexibility index (Phi) is 5.95. The van der Waals surface area contributed by atoms with Crippen molar-refractivity contribution in [2.45, 2.75) is 19.8 Å². The third-order valence-corrected chi connectivity index (χ3v) is 4.22. The molecule has 2 N–H and O–H groups in total. The molecule has 130 valence electrons. The van der Waals surface area contributed by atoms with Crippen LogP contribution < -0.4 is 5.73 Å². The Hall–Kier alpha value is -2.64. The van der Waals surface area contributed by atoms with Gasteiger partial charge in [0.25, 0.3) is 0 Å². The Morgan fingerprint density at radius 3 is 2.56 bits per heavy atom. The molecule has 3 nitrogen and oxygen atoms in total.